The van der Waals surface area contributed by atoms with Crippen LogP contribution >= 0.6 is 0 Å². The van der Waals surface area contributed by atoms with Crippen LogP contribution in [-0.2, 0) is 13.0 Å². The number of rotatable bonds is 6. The average molecular weight is 489 g/mol. The number of hydrogen-bond acceptors (Lipinski definition) is 5. The minimum Gasteiger partial charge on any atom is -0.308 e. The molecule has 0 fully saturated rings. The van der Waals surface area contributed by atoms with Crippen LogP contribution in [0, 0.1) is 19.3 Å². The summed E-state index contributed by atoms with van der Waals surface area (Å²) in [6, 6.07) is 22.1. The Morgan fingerprint density at radius 1 is 0.973 bits per heavy atom. The molecule has 3 N–H and O–H groups in total. The smallest absolute Gasteiger partial charge is 0.176 e. The fraction of sp³-hybridized carbons (Fsp3) is 0.172. The molecular weight excluding hydrogens is 460 g/mol. The highest BCUT2D eigenvalue weighted by Gasteiger charge is 2.15. The lowest BCUT2D eigenvalue weighted by Gasteiger charge is -2.13. The lowest BCUT2D eigenvalue weighted by molar-refractivity contribution is 0.745. The molecule has 2 aromatic carbocycles. The molecule has 0 amide bonds. The van der Waals surface area contributed by atoms with Crippen molar-refractivity contribution in [2.24, 2.45) is 16.2 Å². The van der Waals surface area contributed by atoms with Crippen LogP contribution in [0.25, 0.3) is 33.5 Å². The van der Waals surface area contributed by atoms with Crippen molar-refractivity contribution in [3.63, 3.8) is 0 Å². The number of aryl methyl sites for hydroxylation is 3. The van der Waals surface area contributed by atoms with E-state index in [1.165, 1.54) is 0 Å². The van der Waals surface area contributed by atoms with Crippen LogP contribution in [0.15, 0.2) is 83.3 Å². The van der Waals surface area contributed by atoms with Crippen molar-refractivity contribution in [3.8, 4) is 22.4 Å². The van der Waals surface area contributed by atoms with Crippen LogP contribution in [0.5, 0.6) is 0 Å². The van der Waals surface area contributed by atoms with E-state index in [1.807, 2.05) is 43.3 Å². The van der Waals surface area contributed by atoms with E-state index in [1.54, 1.807) is 6.20 Å². The number of hydrogen-bond donors (Lipinski definition) is 2. The Labute approximate surface area is 215 Å². The van der Waals surface area contributed by atoms with Crippen molar-refractivity contribution in [3.05, 3.63) is 101 Å². The molecule has 0 unspecified atom stereocenters. The monoisotopic (exact) mass is 488 g/mol. The second-order valence-corrected chi connectivity index (χ2v) is 8.96. The van der Waals surface area contributed by atoms with Crippen LogP contribution in [-0.4, -0.2) is 25.4 Å². The molecule has 0 bridgehead atoms. The van der Waals surface area contributed by atoms with Gasteiger partial charge in [0.2, 0.25) is 0 Å². The Bertz CT molecular complexity index is 1620. The molecule has 0 aliphatic carbocycles. The maximum absolute atomic E-state index is 8.35. The Morgan fingerprint density at radius 3 is 2.46 bits per heavy atom. The lowest BCUT2D eigenvalue weighted by Crippen LogP contribution is -2.06. The van der Waals surface area contributed by atoms with Crippen molar-refractivity contribution < 1.29 is 0 Å². The number of imidazole rings is 1. The Hall–Kier alpha value is -4.72. The van der Waals surface area contributed by atoms with Gasteiger partial charge in [-0.05, 0) is 66.4 Å². The van der Waals surface area contributed by atoms with Crippen LogP contribution in [0.2, 0.25) is 0 Å². The second-order valence-electron chi connectivity index (χ2n) is 8.96. The predicted molar refractivity (Wildman–Crippen MR) is 146 cm³/mol. The molecule has 37 heavy (non-hydrogen) atoms. The zero-order valence-corrected chi connectivity index (χ0v) is 21.1. The number of pyridine rings is 2. The molecule has 0 radical (unpaired) electrons. The van der Waals surface area contributed by atoms with Gasteiger partial charge in [-0.2, -0.15) is 0 Å². The largest absolute Gasteiger partial charge is 0.308 e. The van der Waals surface area contributed by atoms with Crippen LogP contribution in [0.3, 0.4) is 0 Å². The van der Waals surface area contributed by atoms with E-state index in [0.29, 0.717) is 12.1 Å². The summed E-state index contributed by atoms with van der Waals surface area (Å²) < 4.78 is 2.20. The fourth-order valence-corrected chi connectivity index (χ4v) is 4.65. The highest BCUT2D eigenvalue weighted by molar-refractivity contribution is 6.03. The summed E-state index contributed by atoms with van der Waals surface area (Å²) in [4.78, 5) is 14.1. The molecule has 3 aromatic heterocycles. The standard InChI is InChI=1S/C29H28N8/c1-4-26-34-27-18(2)15-19(3)33-29(27)37(26)17-20-8-10-21(11-9-20)24-16-22(25-7-5-6-14-32-25)12-13-23(24)28(30)35-36-31/h5-16H,4,17H2,1-3H3,(H3,30,31,35). The number of fused-ring (bicyclic) bond motifs is 1. The van der Waals surface area contributed by atoms with E-state index in [9.17, 15) is 0 Å². The quantitative estimate of drug-likeness (QED) is 0.0996. The van der Waals surface area contributed by atoms with Gasteiger partial charge in [0.1, 0.15) is 11.3 Å². The number of nitrogens with zero attached hydrogens (tertiary/aromatic N) is 6. The Kier molecular flexibility index (Phi) is 6.55. The molecule has 3 heterocycles. The topological polar surface area (TPSA) is 118 Å². The van der Waals surface area contributed by atoms with E-state index in [4.69, 9.17) is 21.2 Å². The van der Waals surface area contributed by atoms with Gasteiger partial charge in [0.25, 0.3) is 0 Å². The van der Waals surface area contributed by atoms with Crippen molar-refractivity contribution in [2.45, 2.75) is 33.7 Å². The minimum absolute atomic E-state index is 0.00318. The molecule has 8 heteroatoms. The second kappa shape index (κ2) is 10.1. The van der Waals surface area contributed by atoms with Gasteiger partial charge in [0.15, 0.2) is 11.5 Å². The molecule has 5 rings (SSSR count). The van der Waals surface area contributed by atoms with Crippen molar-refractivity contribution in [1.82, 2.24) is 19.5 Å². The maximum Gasteiger partial charge on any atom is 0.176 e. The van der Waals surface area contributed by atoms with Crippen molar-refractivity contribution in [2.75, 3.05) is 0 Å². The molecule has 5 aromatic rings. The first-order valence-corrected chi connectivity index (χ1v) is 12.2. The fourth-order valence-electron chi connectivity index (χ4n) is 4.65. The molecule has 0 atom stereocenters. The van der Waals surface area contributed by atoms with Gasteiger partial charge >= 0.3 is 0 Å². The van der Waals surface area contributed by atoms with Gasteiger partial charge in [0.05, 0.1) is 12.2 Å². The number of nitrogens with one attached hydrogen (secondary N) is 1. The molecule has 0 spiro atoms. The van der Waals surface area contributed by atoms with Gasteiger partial charge in [-0.15, -0.1) is 5.11 Å². The third-order valence-electron chi connectivity index (χ3n) is 6.42. The summed E-state index contributed by atoms with van der Waals surface area (Å²) in [7, 11) is 0. The van der Waals surface area contributed by atoms with Crippen LogP contribution in [0.1, 0.15) is 35.1 Å². The van der Waals surface area contributed by atoms with Crippen molar-refractivity contribution in [1.29, 1.82) is 5.41 Å². The zero-order chi connectivity index (χ0) is 25.9. The Morgan fingerprint density at radius 2 is 1.76 bits per heavy atom. The first-order valence-electron chi connectivity index (χ1n) is 12.2. The first-order chi connectivity index (χ1) is 18.0. The van der Waals surface area contributed by atoms with Crippen LogP contribution in [0.4, 0.5) is 0 Å². The molecule has 0 aliphatic rings. The number of nitrogens with two attached hydrogens (primary N) is 1. The highest BCUT2D eigenvalue weighted by Crippen LogP contribution is 2.30. The third kappa shape index (κ3) is 4.73. The number of amidine groups is 1. The van der Waals surface area contributed by atoms with E-state index in [2.05, 4.69) is 64.1 Å². The molecule has 0 saturated carbocycles. The van der Waals surface area contributed by atoms with Gasteiger partial charge in [0, 0.05) is 29.4 Å². The van der Waals surface area contributed by atoms with E-state index in [-0.39, 0.29) is 5.84 Å². The van der Waals surface area contributed by atoms with Gasteiger partial charge < -0.3 is 10.4 Å². The summed E-state index contributed by atoms with van der Waals surface area (Å²) >= 11 is 0. The van der Waals surface area contributed by atoms with Gasteiger partial charge in [-0.25, -0.2) is 9.97 Å². The summed E-state index contributed by atoms with van der Waals surface area (Å²) in [5.41, 5.74) is 9.43. The summed E-state index contributed by atoms with van der Waals surface area (Å²) in [6.45, 7) is 6.89. The zero-order valence-electron chi connectivity index (χ0n) is 21.1. The number of benzene rings is 2. The average Bonchev–Trinajstić information content (AvgIpc) is 3.27. The number of aromatic nitrogens is 4. The maximum atomic E-state index is 8.35. The summed E-state index contributed by atoms with van der Waals surface area (Å²) in [5.74, 6) is 6.26. The van der Waals surface area contributed by atoms with Crippen molar-refractivity contribution >= 4 is 17.0 Å². The predicted octanol–water partition coefficient (Wildman–Crippen LogP) is 6.04. The van der Waals surface area contributed by atoms with Crippen LogP contribution < -0.4 is 5.84 Å². The third-order valence-corrected chi connectivity index (χ3v) is 6.42. The normalized spacial score (nSPS) is 11.4. The minimum atomic E-state index is 0.00318. The summed E-state index contributed by atoms with van der Waals surface area (Å²) in [5, 5.41) is 15.4. The summed E-state index contributed by atoms with van der Waals surface area (Å²) in [6.07, 6.45) is 2.60. The SMILES string of the molecule is CCc1nc2c(C)cc(C)nc2n1Cc1ccc(-c2cc(-c3ccccn3)ccc2C(=N)N=NN)cc1. The van der Waals surface area contributed by atoms with Gasteiger partial charge in [-0.3, -0.25) is 10.4 Å². The molecular formula is C29H28N8. The Balaban J connectivity index is 1.54. The van der Waals surface area contributed by atoms with E-state index < -0.39 is 0 Å². The molecule has 0 saturated heterocycles. The molecule has 0 aliphatic heterocycles. The highest BCUT2D eigenvalue weighted by atomic mass is 15.3. The van der Waals surface area contributed by atoms with E-state index in [0.717, 1.165) is 62.6 Å². The van der Waals surface area contributed by atoms with E-state index >= 15 is 0 Å². The lowest BCUT2D eigenvalue weighted by atomic mass is 9.95. The molecule has 184 valence electrons. The molecule has 8 nitrogen and oxygen atoms in total. The first kappa shape index (κ1) is 24.0. The van der Waals surface area contributed by atoms with Gasteiger partial charge in [-0.1, -0.05) is 48.5 Å².